The van der Waals surface area contributed by atoms with E-state index in [1.54, 1.807) is 26.5 Å². The number of nitrogens with zero attached hydrogens (tertiary/aromatic N) is 2. The summed E-state index contributed by atoms with van der Waals surface area (Å²) in [5.41, 5.74) is 7.48. The quantitative estimate of drug-likeness (QED) is 0.886. The van der Waals surface area contributed by atoms with E-state index in [2.05, 4.69) is 4.98 Å². The number of imidazole rings is 1. The zero-order valence-electron chi connectivity index (χ0n) is 11.2. The van der Waals surface area contributed by atoms with Gasteiger partial charge in [0.2, 0.25) is 5.95 Å². The first-order valence-corrected chi connectivity index (χ1v) is 7.47. The number of rotatable bonds is 5. The Morgan fingerprint density at radius 3 is 2.53 bits per heavy atom. The predicted octanol–water partition coefficient (Wildman–Crippen LogP) is 1.01. The summed E-state index contributed by atoms with van der Waals surface area (Å²) < 4.78 is 23.5. The third-order valence-corrected chi connectivity index (χ3v) is 3.64. The molecule has 0 aliphatic heterocycles. The first kappa shape index (κ1) is 13.7. The van der Waals surface area contributed by atoms with Crippen LogP contribution in [-0.4, -0.2) is 40.0 Å². The van der Waals surface area contributed by atoms with Gasteiger partial charge in [0, 0.05) is 41.5 Å². The Bertz CT molecular complexity index is 624. The molecule has 1 unspecified atom stereocenters. The Balaban J connectivity index is 2.52. The van der Waals surface area contributed by atoms with Crippen molar-refractivity contribution in [2.75, 3.05) is 32.0 Å². The summed E-state index contributed by atoms with van der Waals surface area (Å²) in [5, 5.41) is 0. The SMILES string of the molecule is COc1cc2nc(N)n(CCS(C)=O)c2cc1OC. The van der Waals surface area contributed by atoms with Crippen molar-refractivity contribution in [3.05, 3.63) is 12.1 Å². The first-order valence-electron chi connectivity index (χ1n) is 5.74. The normalized spacial score (nSPS) is 12.6. The Morgan fingerprint density at radius 2 is 1.95 bits per heavy atom. The van der Waals surface area contributed by atoms with Gasteiger partial charge in [-0.05, 0) is 0 Å². The summed E-state index contributed by atoms with van der Waals surface area (Å²) in [6.07, 6.45) is 1.67. The highest BCUT2D eigenvalue weighted by Gasteiger charge is 2.13. The average molecular weight is 283 g/mol. The van der Waals surface area contributed by atoms with Gasteiger partial charge in [0.1, 0.15) is 0 Å². The van der Waals surface area contributed by atoms with Crippen LogP contribution in [0.4, 0.5) is 5.95 Å². The van der Waals surface area contributed by atoms with Crippen molar-refractivity contribution in [3.8, 4) is 11.5 Å². The van der Waals surface area contributed by atoms with Crippen molar-refractivity contribution in [2.24, 2.45) is 0 Å². The Morgan fingerprint density at radius 1 is 1.32 bits per heavy atom. The predicted molar refractivity (Wildman–Crippen MR) is 76.2 cm³/mol. The number of benzene rings is 1. The zero-order valence-corrected chi connectivity index (χ0v) is 12.0. The third kappa shape index (κ3) is 2.65. The van der Waals surface area contributed by atoms with E-state index < -0.39 is 10.8 Å². The van der Waals surface area contributed by atoms with Gasteiger partial charge in [0.15, 0.2) is 11.5 Å². The summed E-state index contributed by atoms with van der Waals surface area (Å²) >= 11 is 0. The highest BCUT2D eigenvalue weighted by Crippen LogP contribution is 2.32. The van der Waals surface area contributed by atoms with E-state index in [0.717, 1.165) is 11.0 Å². The summed E-state index contributed by atoms with van der Waals surface area (Å²) in [7, 11) is 2.28. The van der Waals surface area contributed by atoms with Gasteiger partial charge >= 0.3 is 0 Å². The number of anilines is 1. The van der Waals surface area contributed by atoms with E-state index >= 15 is 0 Å². The van der Waals surface area contributed by atoms with Gasteiger partial charge in [0.05, 0.1) is 25.3 Å². The smallest absolute Gasteiger partial charge is 0.201 e. The fraction of sp³-hybridized carbons (Fsp3) is 0.417. The first-order chi connectivity index (χ1) is 9.06. The van der Waals surface area contributed by atoms with E-state index in [1.165, 1.54) is 0 Å². The second-order valence-corrected chi connectivity index (χ2v) is 5.65. The average Bonchev–Trinajstić information content (AvgIpc) is 2.69. The minimum atomic E-state index is -0.875. The number of fused-ring (bicyclic) bond motifs is 1. The Kier molecular flexibility index (Phi) is 3.94. The van der Waals surface area contributed by atoms with Crippen molar-refractivity contribution in [2.45, 2.75) is 6.54 Å². The van der Waals surface area contributed by atoms with Crippen molar-refractivity contribution >= 4 is 27.8 Å². The Labute approximate surface area is 114 Å². The van der Waals surface area contributed by atoms with Gasteiger partial charge in [-0.3, -0.25) is 4.21 Å². The molecule has 1 heterocycles. The molecule has 0 amide bonds. The lowest BCUT2D eigenvalue weighted by molar-refractivity contribution is 0.355. The van der Waals surface area contributed by atoms with Crippen LogP contribution in [-0.2, 0) is 17.3 Å². The van der Waals surface area contributed by atoms with E-state index in [0.29, 0.717) is 29.7 Å². The number of nitrogens with two attached hydrogens (primary N) is 1. The number of nitrogen functional groups attached to an aromatic ring is 1. The monoisotopic (exact) mass is 283 g/mol. The summed E-state index contributed by atoms with van der Waals surface area (Å²) in [5.74, 6) is 2.16. The lowest BCUT2D eigenvalue weighted by atomic mass is 10.2. The lowest BCUT2D eigenvalue weighted by Crippen LogP contribution is -2.09. The summed E-state index contributed by atoms with van der Waals surface area (Å²) in [4.78, 5) is 4.28. The number of hydrogen-bond donors (Lipinski definition) is 1. The molecule has 1 aromatic carbocycles. The largest absolute Gasteiger partial charge is 0.493 e. The molecule has 104 valence electrons. The maximum absolute atomic E-state index is 11.2. The molecule has 0 bridgehead atoms. The van der Waals surface area contributed by atoms with E-state index in [-0.39, 0.29) is 0 Å². The van der Waals surface area contributed by atoms with Crippen molar-refractivity contribution in [1.29, 1.82) is 0 Å². The molecule has 1 atom stereocenters. The van der Waals surface area contributed by atoms with Gasteiger partial charge in [-0.1, -0.05) is 0 Å². The van der Waals surface area contributed by atoms with Crippen LogP contribution < -0.4 is 15.2 Å². The fourth-order valence-electron chi connectivity index (χ4n) is 1.93. The van der Waals surface area contributed by atoms with Crippen LogP contribution in [0.1, 0.15) is 0 Å². The molecule has 1 aromatic heterocycles. The second kappa shape index (κ2) is 5.48. The highest BCUT2D eigenvalue weighted by atomic mass is 32.2. The van der Waals surface area contributed by atoms with E-state index in [9.17, 15) is 4.21 Å². The molecule has 0 aliphatic rings. The Hall–Kier alpha value is -1.76. The van der Waals surface area contributed by atoms with Gasteiger partial charge in [0.25, 0.3) is 0 Å². The minimum Gasteiger partial charge on any atom is -0.493 e. The minimum absolute atomic E-state index is 0.399. The second-order valence-electron chi connectivity index (χ2n) is 4.09. The molecular formula is C12H17N3O3S. The molecule has 0 radical (unpaired) electrons. The molecule has 0 spiro atoms. The van der Waals surface area contributed by atoms with Gasteiger partial charge < -0.3 is 19.8 Å². The van der Waals surface area contributed by atoms with Gasteiger partial charge in [-0.2, -0.15) is 0 Å². The molecule has 0 fully saturated rings. The van der Waals surface area contributed by atoms with Gasteiger partial charge in [-0.15, -0.1) is 0 Å². The van der Waals surface area contributed by atoms with Crippen LogP contribution in [0.15, 0.2) is 12.1 Å². The molecule has 2 aromatic rings. The molecule has 0 saturated heterocycles. The molecule has 2 rings (SSSR count). The van der Waals surface area contributed by atoms with Crippen LogP contribution in [0.5, 0.6) is 11.5 Å². The van der Waals surface area contributed by atoms with Crippen molar-refractivity contribution < 1.29 is 13.7 Å². The number of aryl methyl sites for hydroxylation is 1. The number of aromatic nitrogens is 2. The molecule has 0 aliphatic carbocycles. The number of methoxy groups -OCH3 is 2. The highest BCUT2D eigenvalue weighted by molar-refractivity contribution is 7.84. The summed E-state index contributed by atoms with van der Waals surface area (Å²) in [6.45, 7) is 0.556. The van der Waals surface area contributed by atoms with Crippen LogP contribution in [0.3, 0.4) is 0 Å². The topological polar surface area (TPSA) is 79.4 Å². The van der Waals surface area contributed by atoms with Crippen LogP contribution in [0.25, 0.3) is 11.0 Å². The van der Waals surface area contributed by atoms with Crippen LogP contribution in [0.2, 0.25) is 0 Å². The zero-order chi connectivity index (χ0) is 14.0. The van der Waals surface area contributed by atoms with Crippen molar-refractivity contribution in [3.63, 3.8) is 0 Å². The number of hydrogen-bond acceptors (Lipinski definition) is 5. The maximum atomic E-state index is 11.2. The molecule has 6 nitrogen and oxygen atoms in total. The molecule has 19 heavy (non-hydrogen) atoms. The maximum Gasteiger partial charge on any atom is 0.201 e. The molecule has 2 N–H and O–H groups in total. The number of ether oxygens (including phenoxy) is 2. The van der Waals surface area contributed by atoms with Crippen molar-refractivity contribution in [1.82, 2.24) is 9.55 Å². The fourth-order valence-corrected chi connectivity index (χ4v) is 2.36. The third-order valence-electron chi connectivity index (χ3n) is 2.89. The van der Waals surface area contributed by atoms with E-state index in [1.807, 2.05) is 10.6 Å². The lowest BCUT2D eigenvalue weighted by Gasteiger charge is -2.09. The standard InChI is InChI=1S/C12H17N3O3S/c1-17-10-6-8-9(7-11(10)18-2)15(12(13)14-8)4-5-19(3)16/h6-7H,4-5H2,1-3H3,(H2,13,14). The molecule has 0 saturated carbocycles. The molecular weight excluding hydrogens is 266 g/mol. The molecule has 7 heteroatoms. The van der Waals surface area contributed by atoms with Crippen LogP contribution >= 0.6 is 0 Å². The summed E-state index contributed by atoms with van der Waals surface area (Å²) in [6, 6.07) is 3.61. The van der Waals surface area contributed by atoms with Crippen LogP contribution in [0, 0.1) is 0 Å². The van der Waals surface area contributed by atoms with E-state index in [4.69, 9.17) is 15.2 Å². The van der Waals surface area contributed by atoms with Gasteiger partial charge in [-0.25, -0.2) is 4.98 Å².